The normalized spacial score (nSPS) is 9.21. The van der Waals surface area contributed by atoms with E-state index in [1.165, 1.54) is 12.3 Å². The van der Waals surface area contributed by atoms with Crippen molar-refractivity contribution in [2.75, 3.05) is 6.54 Å². The number of halogens is 2. The summed E-state index contributed by atoms with van der Waals surface area (Å²) in [5.41, 5.74) is 0.273. The van der Waals surface area contributed by atoms with Gasteiger partial charge in [-0.3, -0.25) is 4.79 Å². The summed E-state index contributed by atoms with van der Waals surface area (Å²) in [5, 5.41) is 10.9. The van der Waals surface area contributed by atoms with Gasteiger partial charge in [-0.15, -0.1) is 0 Å². The second-order valence-electron chi connectivity index (χ2n) is 2.34. The highest BCUT2D eigenvalue weighted by atomic mass is 35.5. The number of amides is 1. The second kappa shape index (κ2) is 4.80. The first-order valence-corrected chi connectivity index (χ1v) is 4.37. The monoisotopic (exact) mass is 229 g/mol. The number of rotatable bonds is 2. The minimum Gasteiger partial charge on any atom is -0.339 e. The van der Waals surface area contributed by atoms with Gasteiger partial charge in [-0.2, -0.15) is 5.26 Å². The van der Waals surface area contributed by atoms with Crippen molar-refractivity contribution in [2.24, 2.45) is 0 Å². The summed E-state index contributed by atoms with van der Waals surface area (Å²) in [6.07, 6.45) is 1.29. The van der Waals surface area contributed by atoms with E-state index in [2.05, 4.69) is 10.3 Å². The Labute approximate surface area is 90.5 Å². The molecule has 0 aliphatic carbocycles. The first-order valence-electron chi connectivity index (χ1n) is 3.61. The predicted octanol–water partition coefficient (Wildman–Crippen LogP) is 1.64. The van der Waals surface area contributed by atoms with E-state index in [-0.39, 0.29) is 22.3 Å². The Kier molecular flexibility index (Phi) is 3.69. The van der Waals surface area contributed by atoms with Crippen LogP contribution in [0.2, 0.25) is 10.2 Å². The molecule has 0 radical (unpaired) electrons. The van der Waals surface area contributed by atoms with Gasteiger partial charge in [-0.1, -0.05) is 23.2 Å². The molecule has 0 bridgehead atoms. The molecule has 1 N–H and O–H groups in total. The van der Waals surface area contributed by atoms with Crippen molar-refractivity contribution in [1.29, 1.82) is 5.26 Å². The van der Waals surface area contributed by atoms with Gasteiger partial charge in [0.25, 0.3) is 5.91 Å². The van der Waals surface area contributed by atoms with Crippen LogP contribution >= 0.6 is 23.2 Å². The van der Waals surface area contributed by atoms with Gasteiger partial charge in [0.2, 0.25) is 0 Å². The molecule has 1 amide bonds. The molecule has 72 valence electrons. The number of hydrogen-bond donors (Lipinski definition) is 1. The van der Waals surface area contributed by atoms with Gasteiger partial charge in [-0.05, 0) is 6.07 Å². The fourth-order valence-corrected chi connectivity index (χ4v) is 1.04. The van der Waals surface area contributed by atoms with E-state index in [0.717, 1.165) is 0 Å². The molecule has 0 aliphatic rings. The third-order valence-corrected chi connectivity index (χ3v) is 2.07. The lowest BCUT2D eigenvalue weighted by Gasteiger charge is -2.01. The van der Waals surface area contributed by atoms with Crippen LogP contribution < -0.4 is 5.32 Å². The van der Waals surface area contributed by atoms with Crippen molar-refractivity contribution in [1.82, 2.24) is 10.3 Å². The maximum Gasteiger partial charge on any atom is 0.253 e. The molecule has 0 aromatic carbocycles. The molecule has 0 saturated heterocycles. The van der Waals surface area contributed by atoms with Crippen molar-refractivity contribution in [3.63, 3.8) is 0 Å². The average Bonchev–Trinajstić information content (AvgIpc) is 2.18. The lowest BCUT2D eigenvalue weighted by molar-refractivity contribution is 0.0958. The molecule has 1 rings (SSSR count). The van der Waals surface area contributed by atoms with Crippen LogP contribution in [0.4, 0.5) is 0 Å². The number of carbonyl (C=O) groups excluding carboxylic acids is 1. The standard InChI is InChI=1S/C8H5Cl2N3O/c9-6-3-5(4-13-7(6)10)8(14)12-2-1-11/h3-4H,2H2,(H,12,14). The van der Waals surface area contributed by atoms with Crippen molar-refractivity contribution in [3.8, 4) is 6.07 Å². The summed E-state index contributed by atoms with van der Waals surface area (Å²) in [6, 6.07) is 3.18. The van der Waals surface area contributed by atoms with E-state index in [1.807, 2.05) is 0 Å². The van der Waals surface area contributed by atoms with Gasteiger partial charge in [0, 0.05) is 6.20 Å². The fraction of sp³-hybridized carbons (Fsp3) is 0.125. The van der Waals surface area contributed by atoms with Crippen LogP contribution in [0, 0.1) is 11.3 Å². The van der Waals surface area contributed by atoms with Crippen LogP contribution in [0.25, 0.3) is 0 Å². The molecule has 0 unspecified atom stereocenters. The van der Waals surface area contributed by atoms with Crippen molar-refractivity contribution in [2.45, 2.75) is 0 Å². The highest BCUT2D eigenvalue weighted by Gasteiger charge is 2.07. The van der Waals surface area contributed by atoms with Gasteiger partial charge in [0.15, 0.2) is 0 Å². The SMILES string of the molecule is N#CCNC(=O)c1cnc(Cl)c(Cl)c1. The molecule has 0 fully saturated rings. The Balaban J connectivity index is 2.82. The molecule has 4 nitrogen and oxygen atoms in total. The molecule has 1 aromatic heterocycles. The van der Waals surface area contributed by atoms with Crippen LogP contribution in [-0.4, -0.2) is 17.4 Å². The zero-order chi connectivity index (χ0) is 10.6. The summed E-state index contributed by atoms with van der Waals surface area (Å²) in [4.78, 5) is 15.0. The number of nitrogens with one attached hydrogen (secondary N) is 1. The van der Waals surface area contributed by atoms with Crippen LogP contribution in [0.15, 0.2) is 12.3 Å². The Bertz CT molecular complexity index is 400. The van der Waals surface area contributed by atoms with E-state index >= 15 is 0 Å². The van der Waals surface area contributed by atoms with Crippen LogP contribution in [0.3, 0.4) is 0 Å². The molecular formula is C8H5Cl2N3O. The van der Waals surface area contributed by atoms with Crippen molar-refractivity contribution in [3.05, 3.63) is 28.0 Å². The zero-order valence-electron chi connectivity index (χ0n) is 6.92. The van der Waals surface area contributed by atoms with E-state index in [4.69, 9.17) is 28.5 Å². The van der Waals surface area contributed by atoms with Gasteiger partial charge < -0.3 is 5.32 Å². The Hall–Kier alpha value is -1.31. The van der Waals surface area contributed by atoms with E-state index in [0.29, 0.717) is 0 Å². The first-order chi connectivity index (χ1) is 6.65. The summed E-state index contributed by atoms with van der Waals surface area (Å²) in [6.45, 7) is -0.0565. The number of pyridine rings is 1. The molecule has 0 saturated carbocycles. The maximum atomic E-state index is 11.3. The highest BCUT2D eigenvalue weighted by Crippen LogP contribution is 2.19. The maximum absolute atomic E-state index is 11.3. The molecule has 0 aliphatic heterocycles. The summed E-state index contributed by atoms with van der Waals surface area (Å²) >= 11 is 11.2. The third-order valence-electron chi connectivity index (χ3n) is 1.39. The molecular weight excluding hydrogens is 225 g/mol. The Morgan fingerprint density at radius 3 is 2.93 bits per heavy atom. The summed E-state index contributed by atoms with van der Waals surface area (Å²) in [5.74, 6) is -0.405. The highest BCUT2D eigenvalue weighted by molar-refractivity contribution is 6.41. The number of nitriles is 1. The van der Waals surface area contributed by atoms with Crippen LogP contribution in [0.1, 0.15) is 10.4 Å². The predicted molar refractivity (Wildman–Crippen MR) is 52.2 cm³/mol. The minimum atomic E-state index is -0.405. The smallest absolute Gasteiger partial charge is 0.253 e. The van der Waals surface area contributed by atoms with Crippen molar-refractivity contribution < 1.29 is 4.79 Å². The largest absolute Gasteiger partial charge is 0.339 e. The lowest BCUT2D eigenvalue weighted by atomic mass is 10.3. The van der Waals surface area contributed by atoms with Gasteiger partial charge >= 0.3 is 0 Å². The van der Waals surface area contributed by atoms with E-state index < -0.39 is 5.91 Å². The van der Waals surface area contributed by atoms with Crippen LogP contribution in [0.5, 0.6) is 0 Å². The summed E-state index contributed by atoms with van der Waals surface area (Å²) < 4.78 is 0. The van der Waals surface area contributed by atoms with Crippen molar-refractivity contribution >= 4 is 29.1 Å². The topological polar surface area (TPSA) is 65.8 Å². The summed E-state index contributed by atoms with van der Waals surface area (Å²) in [7, 11) is 0. The minimum absolute atomic E-state index is 0.0565. The molecule has 1 heterocycles. The number of carbonyl (C=O) groups is 1. The number of nitrogens with zero attached hydrogens (tertiary/aromatic N) is 2. The van der Waals surface area contributed by atoms with Gasteiger partial charge in [-0.25, -0.2) is 4.98 Å². The Morgan fingerprint density at radius 2 is 2.36 bits per heavy atom. The van der Waals surface area contributed by atoms with Gasteiger partial charge in [0.1, 0.15) is 11.7 Å². The van der Waals surface area contributed by atoms with E-state index in [1.54, 1.807) is 6.07 Å². The lowest BCUT2D eigenvalue weighted by Crippen LogP contribution is -2.23. The third kappa shape index (κ3) is 2.59. The number of aromatic nitrogens is 1. The molecule has 0 atom stereocenters. The molecule has 1 aromatic rings. The number of hydrogen-bond acceptors (Lipinski definition) is 3. The first kappa shape index (κ1) is 10.8. The van der Waals surface area contributed by atoms with Gasteiger partial charge in [0.05, 0.1) is 16.7 Å². The second-order valence-corrected chi connectivity index (χ2v) is 3.10. The zero-order valence-corrected chi connectivity index (χ0v) is 8.43. The average molecular weight is 230 g/mol. The Morgan fingerprint density at radius 1 is 1.64 bits per heavy atom. The molecule has 0 spiro atoms. The quantitative estimate of drug-likeness (QED) is 0.620. The van der Waals surface area contributed by atoms with E-state index in [9.17, 15) is 4.79 Å². The molecule has 14 heavy (non-hydrogen) atoms. The fourth-order valence-electron chi connectivity index (χ4n) is 0.767. The van der Waals surface area contributed by atoms with Crippen LogP contribution in [-0.2, 0) is 0 Å². The molecule has 6 heteroatoms.